The first-order chi connectivity index (χ1) is 9.51. The van der Waals surface area contributed by atoms with Gasteiger partial charge in [-0.15, -0.1) is 0 Å². The normalized spacial score (nSPS) is 25.4. The maximum absolute atomic E-state index is 3.77. The van der Waals surface area contributed by atoms with Crippen LogP contribution in [0.25, 0.3) is 0 Å². The van der Waals surface area contributed by atoms with Gasteiger partial charge in [0.1, 0.15) is 0 Å². The molecule has 3 heteroatoms. The Kier molecular flexibility index (Phi) is 7.92. The molecule has 2 unspecified atom stereocenters. The third kappa shape index (κ3) is 4.64. The van der Waals surface area contributed by atoms with Gasteiger partial charge in [-0.1, -0.05) is 41.0 Å². The largest absolute Gasteiger partial charge is 0.311 e. The summed E-state index contributed by atoms with van der Waals surface area (Å²) in [5.41, 5.74) is 0. The van der Waals surface area contributed by atoms with Crippen LogP contribution in [0.15, 0.2) is 0 Å². The van der Waals surface area contributed by atoms with Crippen LogP contribution in [-0.2, 0) is 0 Å². The van der Waals surface area contributed by atoms with E-state index in [2.05, 4.69) is 62.9 Å². The van der Waals surface area contributed by atoms with Crippen molar-refractivity contribution in [2.75, 3.05) is 25.9 Å². The molecule has 1 heterocycles. The van der Waals surface area contributed by atoms with Crippen molar-refractivity contribution >= 4 is 11.8 Å². The van der Waals surface area contributed by atoms with E-state index in [1.165, 1.54) is 45.3 Å². The number of thioether (sulfide) groups is 1. The minimum absolute atomic E-state index is 0.446. The van der Waals surface area contributed by atoms with Crippen LogP contribution in [0.2, 0.25) is 0 Å². The zero-order valence-corrected chi connectivity index (χ0v) is 15.4. The lowest BCUT2D eigenvalue weighted by molar-refractivity contribution is 0.0836. The fourth-order valence-corrected chi connectivity index (χ4v) is 4.35. The first kappa shape index (κ1) is 18.3. The highest BCUT2D eigenvalue weighted by molar-refractivity contribution is 8.00. The third-order valence-electron chi connectivity index (χ3n) is 5.16. The van der Waals surface area contributed by atoms with Gasteiger partial charge in [0.2, 0.25) is 0 Å². The molecule has 1 aliphatic heterocycles. The number of hydrogen-bond acceptors (Lipinski definition) is 3. The maximum Gasteiger partial charge on any atom is 0.0279 e. The summed E-state index contributed by atoms with van der Waals surface area (Å²) in [7, 11) is 0. The van der Waals surface area contributed by atoms with E-state index >= 15 is 0 Å². The van der Waals surface area contributed by atoms with E-state index in [0.29, 0.717) is 16.8 Å². The van der Waals surface area contributed by atoms with E-state index in [1.807, 2.05) is 0 Å². The summed E-state index contributed by atoms with van der Waals surface area (Å²) in [5.74, 6) is 0.735. The molecule has 0 bridgehead atoms. The first-order valence-corrected chi connectivity index (χ1v) is 9.76. The summed E-state index contributed by atoms with van der Waals surface area (Å²) in [6.45, 7) is 15.4. The molecule has 20 heavy (non-hydrogen) atoms. The molecule has 0 radical (unpaired) electrons. The van der Waals surface area contributed by atoms with Crippen molar-refractivity contribution in [3.05, 3.63) is 0 Å². The van der Waals surface area contributed by atoms with Crippen LogP contribution in [0.5, 0.6) is 0 Å². The van der Waals surface area contributed by atoms with Crippen molar-refractivity contribution in [1.82, 2.24) is 10.2 Å². The van der Waals surface area contributed by atoms with Crippen molar-refractivity contribution in [3.8, 4) is 0 Å². The Hall–Kier alpha value is 0.270. The topological polar surface area (TPSA) is 15.3 Å². The SMILES string of the molecule is CCCC1CN(CC(CC)(CC)SC)C(C(C)C)CN1. The zero-order chi connectivity index (χ0) is 15.2. The average molecular weight is 301 g/mol. The van der Waals surface area contributed by atoms with Crippen LogP contribution in [0.3, 0.4) is 0 Å². The first-order valence-electron chi connectivity index (χ1n) is 8.54. The van der Waals surface area contributed by atoms with Crippen LogP contribution < -0.4 is 5.32 Å². The molecule has 0 aliphatic carbocycles. The Morgan fingerprint density at radius 3 is 2.35 bits per heavy atom. The van der Waals surface area contributed by atoms with Gasteiger partial charge in [-0.3, -0.25) is 4.90 Å². The molecule has 1 saturated heterocycles. The standard InChI is InChI=1S/C17H36N2S/c1-7-10-15-12-19(16(11-18-15)14(4)5)13-17(8-2,9-3)20-6/h14-16,18H,7-13H2,1-6H3. The highest BCUT2D eigenvalue weighted by Crippen LogP contribution is 2.33. The summed E-state index contributed by atoms with van der Waals surface area (Å²) in [6, 6.07) is 1.40. The monoisotopic (exact) mass is 300 g/mol. The fraction of sp³-hybridized carbons (Fsp3) is 1.00. The molecule has 0 amide bonds. The molecule has 0 aromatic heterocycles. The third-order valence-corrected chi connectivity index (χ3v) is 6.73. The van der Waals surface area contributed by atoms with Crippen molar-refractivity contribution in [1.29, 1.82) is 0 Å². The molecule has 1 aliphatic rings. The Bertz CT molecular complexity index is 255. The molecule has 0 aromatic carbocycles. The molecule has 0 aromatic rings. The van der Waals surface area contributed by atoms with Crippen LogP contribution >= 0.6 is 11.8 Å². The Morgan fingerprint density at radius 1 is 1.25 bits per heavy atom. The van der Waals surface area contributed by atoms with Gasteiger partial charge in [0.15, 0.2) is 0 Å². The van der Waals surface area contributed by atoms with Crippen LogP contribution in [0.4, 0.5) is 0 Å². The molecule has 0 spiro atoms. The molecule has 1 fully saturated rings. The van der Waals surface area contributed by atoms with E-state index in [1.54, 1.807) is 0 Å². The molecule has 1 N–H and O–H groups in total. The molecular weight excluding hydrogens is 264 g/mol. The van der Waals surface area contributed by atoms with E-state index in [9.17, 15) is 0 Å². The quantitative estimate of drug-likeness (QED) is 0.729. The zero-order valence-electron chi connectivity index (χ0n) is 14.5. The summed E-state index contributed by atoms with van der Waals surface area (Å²) >= 11 is 2.08. The van der Waals surface area contributed by atoms with E-state index in [0.717, 1.165) is 5.92 Å². The summed E-state index contributed by atoms with van der Waals surface area (Å²) in [4.78, 5) is 2.80. The van der Waals surface area contributed by atoms with Crippen molar-refractivity contribution < 1.29 is 0 Å². The maximum atomic E-state index is 3.77. The number of piperazine rings is 1. The van der Waals surface area contributed by atoms with E-state index < -0.39 is 0 Å². The van der Waals surface area contributed by atoms with Gasteiger partial charge >= 0.3 is 0 Å². The predicted molar refractivity (Wildman–Crippen MR) is 93.7 cm³/mol. The van der Waals surface area contributed by atoms with Crippen molar-refractivity contribution in [3.63, 3.8) is 0 Å². The number of hydrogen-bond donors (Lipinski definition) is 1. The van der Waals surface area contributed by atoms with Crippen LogP contribution in [0.1, 0.15) is 60.3 Å². The van der Waals surface area contributed by atoms with Gasteiger partial charge in [-0.25, -0.2) is 0 Å². The molecule has 0 saturated carbocycles. The van der Waals surface area contributed by atoms with Crippen molar-refractivity contribution in [2.45, 2.75) is 77.1 Å². The highest BCUT2D eigenvalue weighted by atomic mass is 32.2. The fourth-order valence-electron chi connectivity index (χ4n) is 3.48. The van der Waals surface area contributed by atoms with Gasteiger partial charge in [0, 0.05) is 36.5 Å². The molecular formula is C17H36N2S. The number of nitrogens with zero attached hydrogens (tertiary/aromatic N) is 1. The molecule has 2 atom stereocenters. The molecule has 120 valence electrons. The Balaban J connectivity index is 2.77. The minimum atomic E-state index is 0.446. The van der Waals surface area contributed by atoms with Gasteiger partial charge in [-0.05, 0) is 31.4 Å². The summed E-state index contributed by atoms with van der Waals surface area (Å²) < 4.78 is 0.446. The van der Waals surface area contributed by atoms with E-state index in [-0.39, 0.29) is 0 Å². The molecule has 2 nitrogen and oxygen atoms in total. The lowest BCUT2D eigenvalue weighted by atomic mass is 9.93. The highest BCUT2D eigenvalue weighted by Gasteiger charge is 2.35. The average Bonchev–Trinajstić information content (AvgIpc) is 2.45. The Labute approximate surface area is 131 Å². The van der Waals surface area contributed by atoms with Gasteiger partial charge in [0.25, 0.3) is 0 Å². The van der Waals surface area contributed by atoms with Crippen LogP contribution in [0, 0.1) is 5.92 Å². The minimum Gasteiger partial charge on any atom is -0.311 e. The summed E-state index contributed by atoms with van der Waals surface area (Å²) in [6.07, 6.45) is 7.44. The van der Waals surface area contributed by atoms with Gasteiger partial charge in [0.05, 0.1) is 0 Å². The number of rotatable bonds is 8. The molecule has 1 rings (SSSR count). The predicted octanol–water partition coefficient (Wildman–Crippen LogP) is 4.01. The second-order valence-electron chi connectivity index (χ2n) is 6.73. The van der Waals surface area contributed by atoms with Gasteiger partial charge < -0.3 is 5.32 Å². The Morgan fingerprint density at radius 2 is 1.90 bits per heavy atom. The second-order valence-corrected chi connectivity index (χ2v) is 8.00. The lowest BCUT2D eigenvalue weighted by Crippen LogP contribution is -2.60. The smallest absolute Gasteiger partial charge is 0.0279 e. The lowest BCUT2D eigenvalue weighted by Gasteiger charge is -2.46. The van der Waals surface area contributed by atoms with Crippen LogP contribution in [-0.4, -0.2) is 47.6 Å². The number of nitrogens with one attached hydrogen (secondary N) is 1. The van der Waals surface area contributed by atoms with E-state index in [4.69, 9.17) is 0 Å². The second kappa shape index (κ2) is 8.65. The van der Waals surface area contributed by atoms with Crippen molar-refractivity contribution in [2.24, 2.45) is 5.92 Å². The summed E-state index contributed by atoms with van der Waals surface area (Å²) in [5, 5.41) is 3.77. The van der Waals surface area contributed by atoms with Gasteiger partial charge in [-0.2, -0.15) is 11.8 Å².